The number of hydrogen-bond donors (Lipinski definition) is 3. The Morgan fingerprint density at radius 2 is 1.94 bits per heavy atom. The molecule has 0 spiro atoms. The molecule has 3 heterocycles. The van der Waals surface area contributed by atoms with Gasteiger partial charge in [-0.2, -0.15) is 0 Å². The largest absolute Gasteiger partial charge is 0.399 e. The highest BCUT2D eigenvalue weighted by Gasteiger charge is 2.21. The van der Waals surface area contributed by atoms with Crippen molar-refractivity contribution in [1.82, 2.24) is 19.4 Å². The van der Waals surface area contributed by atoms with E-state index >= 15 is 0 Å². The number of carbonyl (C=O) groups excluding carboxylic acids is 2. The quantitative estimate of drug-likeness (QED) is 0.523. The van der Waals surface area contributed by atoms with Crippen LogP contribution in [0.4, 0.5) is 11.6 Å². The summed E-state index contributed by atoms with van der Waals surface area (Å²) in [5.41, 5.74) is 8.23. The Balaban J connectivity index is 1.65. The van der Waals surface area contributed by atoms with Gasteiger partial charge >= 0.3 is 0 Å². The highest BCUT2D eigenvalue weighted by atomic mass is 16.3. The van der Waals surface area contributed by atoms with E-state index < -0.39 is 0 Å². The maximum absolute atomic E-state index is 12.8. The second-order valence-electron chi connectivity index (χ2n) is 7.66. The monoisotopic (exact) mass is 422 g/mol. The zero-order chi connectivity index (χ0) is 21.8. The number of nitrogens with two attached hydrogens (primary N) is 1. The molecule has 0 radical (unpaired) electrons. The van der Waals surface area contributed by atoms with Gasteiger partial charge in [0, 0.05) is 43.7 Å². The Bertz CT molecular complexity index is 1100. The highest BCUT2D eigenvalue weighted by Crippen LogP contribution is 2.22. The second-order valence-corrected chi connectivity index (χ2v) is 7.66. The van der Waals surface area contributed by atoms with Crippen molar-refractivity contribution in [2.24, 2.45) is 0 Å². The molecule has 4 N–H and O–H groups in total. The van der Waals surface area contributed by atoms with Crippen LogP contribution in [0.3, 0.4) is 0 Å². The molecule has 0 saturated carbocycles. The number of nitrogens with zero attached hydrogens (tertiary/aromatic N) is 4. The third kappa shape index (κ3) is 4.51. The van der Waals surface area contributed by atoms with Crippen LogP contribution in [0.5, 0.6) is 0 Å². The molecule has 9 nitrogen and oxygen atoms in total. The Hall–Kier alpha value is -3.46. The Kier molecular flexibility index (Phi) is 6.13. The first-order valence-corrected chi connectivity index (χ1v) is 10.5. The van der Waals surface area contributed by atoms with Crippen molar-refractivity contribution in [3.8, 4) is 0 Å². The predicted octanol–water partition coefficient (Wildman–Crippen LogP) is 2.27. The van der Waals surface area contributed by atoms with Gasteiger partial charge < -0.3 is 15.7 Å². The maximum atomic E-state index is 12.8. The number of amides is 2. The minimum Gasteiger partial charge on any atom is -0.399 e. The Morgan fingerprint density at radius 3 is 2.68 bits per heavy atom. The van der Waals surface area contributed by atoms with Crippen molar-refractivity contribution >= 4 is 34.6 Å². The fourth-order valence-corrected chi connectivity index (χ4v) is 3.80. The van der Waals surface area contributed by atoms with Crippen LogP contribution in [0.2, 0.25) is 0 Å². The molecule has 1 aliphatic rings. The van der Waals surface area contributed by atoms with Crippen LogP contribution in [0.25, 0.3) is 11.2 Å². The van der Waals surface area contributed by atoms with E-state index in [-0.39, 0.29) is 18.4 Å². The predicted molar refractivity (Wildman–Crippen MR) is 118 cm³/mol. The molecule has 4 rings (SSSR count). The van der Waals surface area contributed by atoms with E-state index in [9.17, 15) is 14.7 Å². The van der Waals surface area contributed by atoms with Crippen LogP contribution < -0.4 is 11.1 Å². The van der Waals surface area contributed by atoms with Crippen molar-refractivity contribution in [2.75, 3.05) is 30.7 Å². The summed E-state index contributed by atoms with van der Waals surface area (Å²) in [6.07, 6.45) is 5.20. The molecule has 1 fully saturated rings. The number of fused-ring (bicyclic) bond motifs is 1. The number of benzene rings is 1. The third-order valence-electron chi connectivity index (χ3n) is 5.39. The number of anilines is 2. The van der Waals surface area contributed by atoms with Gasteiger partial charge in [-0.25, -0.2) is 9.97 Å². The fourth-order valence-electron chi connectivity index (χ4n) is 3.80. The molecule has 0 aliphatic carbocycles. The number of aliphatic hydroxyl groups is 1. The smallest absolute Gasteiger partial charge is 0.258 e. The minimum atomic E-state index is -0.350. The van der Waals surface area contributed by atoms with Crippen LogP contribution in [0, 0.1) is 0 Å². The summed E-state index contributed by atoms with van der Waals surface area (Å²) in [5.74, 6) is -0.0900. The van der Waals surface area contributed by atoms with E-state index in [1.165, 1.54) is 0 Å². The van der Waals surface area contributed by atoms with Gasteiger partial charge in [0.2, 0.25) is 5.95 Å². The van der Waals surface area contributed by atoms with Gasteiger partial charge in [0.1, 0.15) is 5.52 Å². The number of rotatable bonds is 6. The normalized spacial score (nSPS) is 14.0. The molecule has 3 aromatic rings. The van der Waals surface area contributed by atoms with Crippen LogP contribution in [-0.4, -0.2) is 56.1 Å². The van der Waals surface area contributed by atoms with E-state index in [2.05, 4.69) is 15.3 Å². The zero-order valence-corrected chi connectivity index (χ0v) is 17.3. The van der Waals surface area contributed by atoms with Crippen LogP contribution in [0.15, 0.2) is 36.5 Å². The number of nitrogens with one attached hydrogen (secondary N) is 1. The number of hydrogen-bond acceptors (Lipinski definition) is 6. The van der Waals surface area contributed by atoms with E-state index in [1.54, 1.807) is 41.1 Å². The van der Waals surface area contributed by atoms with Gasteiger partial charge in [0.05, 0.1) is 5.56 Å². The molecule has 9 heteroatoms. The molecule has 2 amide bonds. The van der Waals surface area contributed by atoms with Crippen molar-refractivity contribution in [3.05, 3.63) is 47.7 Å². The highest BCUT2D eigenvalue weighted by molar-refractivity contribution is 6.04. The summed E-state index contributed by atoms with van der Waals surface area (Å²) >= 11 is 0. The zero-order valence-electron chi connectivity index (χ0n) is 17.3. The summed E-state index contributed by atoms with van der Waals surface area (Å²) < 4.78 is 1.74. The summed E-state index contributed by atoms with van der Waals surface area (Å²) in [6, 6.07) is 8.38. The molecule has 1 aromatic carbocycles. The van der Waals surface area contributed by atoms with E-state index in [0.717, 1.165) is 32.4 Å². The minimum absolute atomic E-state index is 0.00614. The fraction of sp³-hybridized carbons (Fsp3) is 0.364. The number of carbonyl (C=O) groups is 2. The third-order valence-corrected chi connectivity index (χ3v) is 5.39. The maximum Gasteiger partial charge on any atom is 0.258 e. The summed E-state index contributed by atoms with van der Waals surface area (Å²) in [6.45, 7) is 1.92. The Morgan fingerprint density at radius 1 is 1.13 bits per heavy atom. The van der Waals surface area contributed by atoms with Gasteiger partial charge in [-0.1, -0.05) is 6.07 Å². The molecule has 0 atom stereocenters. The lowest BCUT2D eigenvalue weighted by Gasteiger charge is -2.26. The number of aliphatic hydroxyl groups excluding tert-OH is 1. The van der Waals surface area contributed by atoms with Crippen LogP contribution >= 0.6 is 0 Å². The van der Waals surface area contributed by atoms with Crippen molar-refractivity contribution < 1.29 is 14.7 Å². The van der Waals surface area contributed by atoms with Crippen molar-refractivity contribution in [1.29, 1.82) is 0 Å². The van der Waals surface area contributed by atoms with Crippen molar-refractivity contribution in [2.45, 2.75) is 32.2 Å². The van der Waals surface area contributed by atoms with Gasteiger partial charge in [-0.05, 0) is 49.9 Å². The molecule has 162 valence electrons. The summed E-state index contributed by atoms with van der Waals surface area (Å²) in [5, 5.41) is 12.1. The summed E-state index contributed by atoms with van der Waals surface area (Å²) in [7, 11) is 0. The lowest BCUT2D eigenvalue weighted by molar-refractivity contribution is 0.0724. The van der Waals surface area contributed by atoms with Crippen LogP contribution in [0.1, 0.15) is 46.4 Å². The number of pyridine rings is 1. The van der Waals surface area contributed by atoms with Gasteiger partial charge in [0.15, 0.2) is 5.65 Å². The van der Waals surface area contributed by atoms with E-state index in [0.29, 0.717) is 46.9 Å². The average molecular weight is 422 g/mol. The standard InChI is InChI=1S/C22H26N6O3/c23-17-7-4-6-15(12-17)20(30)26-22-25-18-13-16(21(31)27-8-2-1-3-9-27)14-24-19(18)28(22)10-5-11-29/h4,6-7,12-14,29H,1-3,5,8-11,23H2,(H,25,26,30). The molecular formula is C22H26N6O3. The van der Waals surface area contributed by atoms with Crippen molar-refractivity contribution in [3.63, 3.8) is 0 Å². The van der Waals surface area contributed by atoms with Gasteiger partial charge in [0.25, 0.3) is 11.8 Å². The number of piperidine rings is 1. The summed E-state index contributed by atoms with van der Waals surface area (Å²) in [4.78, 5) is 36.4. The lowest BCUT2D eigenvalue weighted by atomic mass is 10.1. The molecule has 31 heavy (non-hydrogen) atoms. The number of nitrogen functional groups attached to an aromatic ring is 1. The van der Waals surface area contributed by atoms with Gasteiger partial charge in [-0.15, -0.1) is 0 Å². The lowest BCUT2D eigenvalue weighted by Crippen LogP contribution is -2.35. The molecular weight excluding hydrogens is 396 g/mol. The second kappa shape index (κ2) is 9.13. The number of imidazole rings is 1. The molecule has 2 aromatic heterocycles. The molecule has 1 aliphatic heterocycles. The van der Waals surface area contributed by atoms with Gasteiger partial charge in [-0.3, -0.25) is 19.5 Å². The molecule has 0 unspecified atom stereocenters. The number of aromatic nitrogens is 3. The van der Waals surface area contributed by atoms with E-state index in [4.69, 9.17) is 5.73 Å². The Labute approximate surface area is 179 Å². The number of aryl methyl sites for hydroxylation is 1. The SMILES string of the molecule is Nc1cccc(C(=O)Nc2nc3cc(C(=O)N4CCCCC4)cnc3n2CCCO)c1. The topological polar surface area (TPSA) is 126 Å². The number of likely N-dealkylation sites (tertiary alicyclic amines) is 1. The molecule has 0 bridgehead atoms. The first-order valence-electron chi connectivity index (χ1n) is 10.5. The average Bonchev–Trinajstić information content (AvgIpc) is 3.13. The first-order chi connectivity index (χ1) is 15.1. The first kappa shape index (κ1) is 20.8. The van der Waals surface area contributed by atoms with E-state index in [1.807, 2.05) is 4.90 Å². The molecule has 1 saturated heterocycles. The van der Waals surface area contributed by atoms with Crippen LogP contribution in [-0.2, 0) is 6.54 Å².